The van der Waals surface area contributed by atoms with Crippen molar-refractivity contribution in [3.63, 3.8) is 0 Å². The summed E-state index contributed by atoms with van der Waals surface area (Å²) in [4.78, 5) is 11.1. The molecular weight excluding hydrogens is 352 g/mol. The van der Waals surface area contributed by atoms with Crippen LogP contribution in [0.4, 0.5) is 0 Å². The molecule has 0 amide bonds. The average molecular weight is 393 g/mol. The van der Waals surface area contributed by atoms with Crippen LogP contribution in [0.3, 0.4) is 0 Å². The number of aliphatic carboxylic acids is 1. The normalized spacial score (nSPS) is 51.7. The van der Waals surface area contributed by atoms with Crippen LogP contribution in [-0.2, 0) is 4.79 Å². The van der Waals surface area contributed by atoms with E-state index in [-0.39, 0.29) is 30.0 Å². The summed E-state index contributed by atoms with van der Waals surface area (Å²) in [6, 6.07) is 0. The fourth-order valence-electron chi connectivity index (χ4n) is 8.81. The molecule has 4 aliphatic carbocycles. The average Bonchev–Trinajstić information content (AvgIpc) is 2.99. The lowest BCUT2D eigenvalue weighted by Crippen LogP contribution is -2.58. The molecule has 4 nitrogen and oxygen atoms in total. The van der Waals surface area contributed by atoms with Crippen LogP contribution in [-0.4, -0.2) is 33.5 Å². The van der Waals surface area contributed by atoms with Gasteiger partial charge < -0.3 is 15.3 Å². The van der Waals surface area contributed by atoms with Crippen molar-refractivity contribution in [2.45, 2.75) is 97.2 Å². The third-order valence-electron chi connectivity index (χ3n) is 10.2. The number of rotatable bonds is 4. The Labute approximate surface area is 170 Å². The summed E-state index contributed by atoms with van der Waals surface area (Å²) in [6.45, 7) is 7.16. The number of aliphatic hydroxyl groups is 2. The van der Waals surface area contributed by atoms with Crippen molar-refractivity contribution in [1.29, 1.82) is 0 Å². The van der Waals surface area contributed by atoms with Crippen molar-refractivity contribution < 1.29 is 20.1 Å². The van der Waals surface area contributed by atoms with E-state index >= 15 is 0 Å². The maximum absolute atomic E-state index is 11.1. The van der Waals surface area contributed by atoms with Crippen LogP contribution in [0.5, 0.6) is 0 Å². The predicted octanol–water partition coefficient (Wildman–Crippen LogP) is 4.48. The van der Waals surface area contributed by atoms with Gasteiger partial charge in [-0.1, -0.05) is 20.8 Å². The minimum atomic E-state index is -0.677. The molecule has 0 aromatic rings. The Kier molecular flexibility index (Phi) is 5.36. The highest BCUT2D eigenvalue weighted by molar-refractivity contribution is 5.66. The van der Waals surface area contributed by atoms with Crippen molar-refractivity contribution in [2.24, 2.45) is 46.3 Å². The molecule has 0 heterocycles. The Morgan fingerprint density at radius 1 is 0.964 bits per heavy atom. The van der Waals surface area contributed by atoms with E-state index < -0.39 is 5.97 Å². The first-order valence-corrected chi connectivity index (χ1v) is 11.7. The Morgan fingerprint density at radius 2 is 1.64 bits per heavy atom. The van der Waals surface area contributed by atoms with E-state index in [2.05, 4.69) is 20.8 Å². The molecule has 0 unspecified atom stereocenters. The molecule has 0 aliphatic heterocycles. The third kappa shape index (κ3) is 3.14. The number of carbonyl (C=O) groups is 1. The van der Waals surface area contributed by atoms with Crippen LogP contribution in [0.15, 0.2) is 0 Å². The first kappa shape index (κ1) is 20.7. The van der Waals surface area contributed by atoms with Gasteiger partial charge in [0.2, 0.25) is 0 Å². The number of carboxylic acid groups (broad SMARTS) is 1. The van der Waals surface area contributed by atoms with E-state index in [1.165, 1.54) is 25.7 Å². The predicted molar refractivity (Wildman–Crippen MR) is 109 cm³/mol. The van der Waals surface area contributed by atoms with Crippen LogP contribution >= 0.6 is 0 Å². The van der Waals surface area contributed by atoms with Crippen LogP contribution < -0.4 is 0 Å². The smallest absolute Gasteiger partial charge is 0.303 e. The van der Waals surface area contributed by atoms with Crippen molar-refractivity contribution in [3.8, 4) is 0 Å². The SMILES string of the molecule is C[C@@H](CCC(=O)O)[C@H]1CC[C@@H]2[C@H]3C[C@H](O)[C@@H]4C[C@H](O)CC[C@]4(C)[C@@H]3CC[C@@]21C. The summed E-state index contributed by atoms with van der Waals surface area (Å²) < 4.78 is 0. The number of aliphatic hydroxyl groups excluding tert-OH is 2. The standard InChI is InChI=1S/C24H40O4/c1-14(4-7-22(27)28)17-5-6-18-16-13-21(26)20-12-15(25)8-10-24(20,3)19(16)9-11-23(17,18)2/h14-21,25-26H,4-13H2,1-3H3,(H,27,28)/t14-,15+,16+,17+,18+,19+,20-,21-,23+,24+/m0/s1. The zero-order valence-corrected chi connectivity index (χ0v) is 17.9. The summed E-state index contributed by atoms with van der Waals surface area (Å²) in [5.41, 5.74) is 0.478. The van der Waals surface area contributed by atoms with E-state index in [1.807, 2.05) is 0 Å². The first-order valence-electron chi connectivity index (χ1n) is 11.7. The van der Waals surface area contributed by atoms with Gasteiger partial charge in [0.1, 0.15) is 0 Å². The number of fused-ring (bicyclic) bond motifs is 5. The van der Waals surface area contributed by atoms with Gasteiger partial charge in [-0.3, -0.25) is 4.79 Å². The van der Waals surface area contributed by atoms with Crippen molar-refractivity contribution >= 4 is 5.97 Å². The van der Waals surface area contributed by atoms with E-state index in [9.17, 15) is 15.0 Å². The molecule has 4 saturated carbocycles. The van der Waals surface area contributed by atoms with Crippen LogP contribution in [0.1, 0.15) is 85.0 Å². The van der Waals surface area contributed by atoms with Gasteiger partial charge in [0.15, 0.2) is 0 Å². The maximum atomic E-state index is 11.1. The van der Waals surface area contributed by atoms with Crippen LogP contribution in [0.25, 0.3) is 0 Å². The maximum Gasteiger partial charge on any atom is 0.303 e. The van der Waals surface area contributed by atoms with Gasteiger partial charge in [0, 0.05) is 6.42 Å². The molecule has 4 aliphatic rings. The highest BCUT2D eigenvalue weighted by Crippen LogP contribution is 2.68. The Balaban J connectivity index is 1.55. The second-order valence-electron chi connectivity index (χ2n) is 11.4. The topological polar surface area (TPSA) is 77.8 Å². The van der Waals surface area contributed by atoms with Crippen molar-refractivity contribution in [2.75, 3.05) is 0 Å². The first-order chi connectivity index (χ1) is 13.2. The molecule has 0 bridgehead atoms. The zero-order valence-electron chi connectivity index (χ0n) is 17.9. The molecule has 0 aromatic carbocycles. The molecule has 10 atom stereocenters. The molecule has 3 N–H and O–H groups in total. The minimum Gasteiger partial charge on any atom is -0.481 e. The quantitative estimate of drug-likeness (QED) is 0.659. The zero-order chi connectivity index (χ0) is 20.3. The van der Waals surface area contributed by atoms with E-state index in [0.29, 0.717) is 35.0 Å². The van der Waals surface area contributed by atoms with Crippen LogP contribution in [0.2, 0.25) is 0 Å². The van der Waals surface area contributed by atoms with Gasteiger partial charge >= 0.3 is 5.97 Å². The fraction of sp³-hybridized carbons (Fsp3) is 0.958. The Bertz CT molecular complexity index is 605. The van der Waals surface area contributed by atoms with Gasteiger partial charge in [0.05, 0.1) is 12.2 Å². The largest absolute Gasteiger partial charge is 0.481 e. The van der Waals surface area contributed by atoms with E-state index in [1.54, 1.807) is 0 Å². The molecule has 0 aromatic heterocycles. The molecule has 0 spiro atoms. The molecule has 4 rings (SSSR count). The summed E-state index contributed by atoms with van der Waals surface area (Å²) in [7, 11) is 0. The number of carboxylic acids is 1. The molecule has 0 saturated heterocycles. The molecule has 0 radical (unpaired) electrons. The van der Waals surface area contributed by atoms with Gasteiger partial charge in [-0.2, -0.15) is 0 Å². The Hall–Kier alpha value is -0.610. The minimum absolute atomic E-state index is 0.176. The van der Waals surface area contributed by atoms with E-state index in [4.69, 9.17) is 5.11 Å². The van der Waals surface area contributed by atoms with E-state index in [0.717, 1.165) is 32.1 Å². The number of hydrogen-bond acceptors (Lipinski definition) is 3. The molecule has 4 fully saturated rings. The lowest BCUT2D eigenvalue weighted by molar-refractivity contribution is -0.172. The highest BCUT2D eigenvalue weighted by atomic mass is 16.4. The summed E-state index contributed by atoms with van der Waals surface area (Å²) in [6.07, 6.45) is 9.16. The van der Waals surface area contributed by atoms with Gasteiger partial charge in [-0.05, 0) is 104 Å². The lowest BCUT2D eigenvalue weighted by atomic mass is 9.44. The second kappa shape index (κ2) is 7.27. The van der Waals surface area contributed by atoms with Crippen molar-refractivity contribution in [3.05, 3.63) is 0 Å². The summed E-state index contributed by atoms with van der Waals surface area (Å²) in [5.74, 6) is 2.61. The molecule has 160 valence electrons. The van der Waals surface area contributed by atoms with Gasteiger partial charge in [0.25, 0.3) is 0 Å². The monoisotopic (exact) mass is 392 g/mol. The summed E-state index contributed by atoms with van der Waals surface area (Å²) >= 11 is 0. The van der Waals surface area contributed by atoms with Crippen molar-refractivity contribution in [1.82, 2.24) is 0 Å². The van der Waals surface area contributed by atoms with Gasteiger partial charge in [-0.15, -0.1) is 0 Å². The molecule has 28 heavy (non-hydrogen) atoms. The highest BCUT2D eigenvalue weighted by Gasteiger charge is 2.62. The lowest BCUT2D eigenvalue weighted by Gasteiger charge is -2.62. The molecular formula is C24H40O4. The third-order valence-corrected chi connectivity index (χ3v) is 10.2. The number of hydrogen-bond donors (Lipinski definition) is 3. The Morgan fingerprint density at radius 3 is 2.36 bits per heavy atom. The second-order valence-corrected chi connectivity index (χ2v) is 11.4. The molecule has 4 heteroatoms. The fourth-order valence-corrected chi connectivity index (χ4v) is 8.81. The summed E-state index contributed by atoms with van der Waals surface area (Å²) in [5, 5.41) is 30.4. The van der Waals surface area contributed by atoms with Crippen LogP contribution in [0, 0.1) is 46.3 Å². The van der Waals surface area contributed by atoms with Gasteiger partial charge in [-0.25, -0.2) is 0 Å².